The van der Waals surface area contributed by atoms with Crippen molar-refractivity contribution in [3.05, 3.63) is 29.8 Å². The van der Waals surface area contributed by atoms with E-state index in [4.69, 9.17) is 9.84 Å². The Morgan fingerprint density at radius 3 is 2.70 bits per heavy atom. The van der Waals surface area contributed by atoms with Crippen LogP contribution in [0.1, 0.15) is 26.7 Å². The first-order valence-electron chi connectivity index (χ1n) is 6.45. The van der Waals surface area contributed by atoms with Gasteiger partial charge in [-0.2, -0.15) is 0 Å². The van der Waals surface area contributed by atoms with Gasteiger partial charge in [0.15, 0.2) is 11.6 Å². The molecule has 0 aliphatic carbocycles. The summed E-state index contributed by atoms with van der Waals surface area (Å²) in [5, 5.41) is 12.0. The summed E-state index contributed by atoms with van der Waals surface area (Å²) in [6, 6.07) is 3.07. The van der Waals surface area contributed by atoms with Crippen LogP contribution in [0.5, 0.6) is 5.75 Å². The zero-order chi connectivity index (χ0) is 15.2. The smallest absolute Gasteiger partial charge is 0.323 e. The van der Waals surface area contributed by atoms with Crippen LogP contribution in [0.25, 0.3) is 0 Å². The summed E-state index contributed by atoms with van der Waals surface area (Å²) >= 11 is 0. The molecule has 0 saturated carbocycles. The Morgan fingerprint density at radius 1 is 1.45 bits per heavy atom. The first-order chi connectivity index (χ1) is 9.39. The average molecular weight is 287 g/mol. The van der Waals surface area contributed by atoms with Gasteiger partial charge in [-0.15, -0.1) is 0 Å². The number of nitrogens with one attached hydrogen (secondary N) is 1. The summed E-state index contributed by atoms with van der Waals surface area (Å²) in [7, 11) is 0. The SMILES string of the molecule is CCNC(C)(CCCOc1ccc(F)cc1F)C(=O)O. The number of likely N-dealkylation sites (N-methyl/N-ethyl adjacent to an activating group) is 1. The molecule has 1 rings (SSSR count). The molecule has 0 aliphatic heterocycles. The highest BCUT2D eigenvalue weighted by molar-refractivity contribution is 5.78. The first kappa shape index (κ1) is 16.4. The molecular weight excluding hydrogens is 268 g/mol. The minimum atomic E-state index is -1.03. The van der Waals surface area contributed by atoms with Gasteiger partial charge in [0, 0.05) is 6.07 Å². The largest absolute Gasteiger partial charge is 0.491 e. The fourth-order valence-corrected chi connectivity index (χ4v) is 1.86. The van der Waals surface area contributed by atoms with Crippen molar-refractivity contribution < 1.29 is 23.4 Å². The van der Waals surface area contributed by atoms with E-state index in [-0.39, 0.29) is 12.4 Å². The van der Waals surface area contributed by atoms with Crippen molar-refractivity contribution in [1.29, 1.82) is 0 Å². The third-order valence-corrected chi connectivity index (χ3v) is 3.01. The highest BCUT2D eigenvalue weighted by atomic mass is 19.1. The topological polar surface area (TPSA) is 58.6 Å². The number of rotatable bonds is 8. The van der Waals surface area contributed by atoms with Gasteiger partial charge in [-0.1, -0.05) is 6.92 Å². The Hall–Kier alpha value is -1.69. The van der Waals surface area contributed by atoms with E-state index in [1.807, 2.05) is 6.92 Å². The standard InChI is InChI=1S/C14H19F2NO3/c1-3-17-14(2,13(18)19)7-4-8-20-12-6-5-10(15)9-11(12)16/h5-6,9,17H,3-4,7-8H2,1-2H3,(H,18,19). The Labute approximate surface area is 116 Å². The molecule has 0 aliphatic rings. The van der Waals surface area contributed by atoms with E-state index in [0.29, 0.717) is 19.4 Å². The van der Waals surface area contributed by atoms with E-state index in [1.165, 1.54) is 6.07 Å². The normalized spacial score (nSPS) is 13.8. The second-order valence-corrected chi connectivity index (χ2v) is 4.69. The molecule has 6 heteroatoms. The summed E-state index contributed by atoms with van der Waals surface area (Å²) in [4.78, 5) is 11.2. The number of benzene rings is 1. The molecule has 0 heterocycles. The van der Waals surface area contributed by atoms with Gasteiger partial charge in [0.05, 0.1) is 6.61 Å². The first-order valence-corrected chi connectivity index (χ1v) is 6.45. The number of halogens is 2. The lowest BCUT2D eigenvalue weighted by Gasteiger charge is -2.25. The monoisotopic (exact) mass is 287 g/mol. The molecule has 0 fully saturated rings. The Bertz CT molecular complexity index is 468. The summed E-state index contributed by atoms with van der Waals surface area (Å²) in [5.74, 6) is -2.41. The molecule has 2 N–H and O–H groups in total. The van der Waals surface area contributed by atoms with Crippen LogP contribution in [0.15, 0.2) is 18.2 Å². The quantitative estimate of drug-likeness (QED) is 0.722. The average Bonchev–Trinajstić information content (AvgIpc) is 2.37. The minimum absolute atomic E-state index is 0.0353. The van der Waals surface area contributed by atoms with Gasteiger partial charge in [0.2, 0.25) is 0 Å². The van der Waals surface area contributed by atoms with Crippen LogP contribution in [0.4, 0.5) is 8.78 Å². The minimum Gasteiger partial charge on any atom is -0.491 e. The fourth-order valence-electron chi connectivity index (χ4n) is 1.86. The van der Waals surface area contributed by atoms with Gasteiger partial charge in [-0.05, 0) is 38.4 Å². The van der Waals surface area contributed by atoms with Crippen molar-refractivity contribution in [3.63, 3.8) is 0 Å². The third-order valence-electron chi connectivity index (χ3n) is 3.01. The maximum atomic E-state index is 13.3. The summed E-state index contributed by atoms with van der Waals surface area (Å²) < 4.78 is 31.2. The van der Waals surface area contributed by atoms with Crippen molar-refractivity contribution in [2.45, 2.75) is 32.2 Å². The molecule has 0 bridgehead atoms. The molecule has 1 unspecified atom stereocenters. The van der Waals surface area contributed by atoms with E-state index in [2.05, 4.69) is 5.32 Å². The van der Waals surface area contributed by atoms with E-state index in [1.54, 1.807) is 6.92 Å². The maximum absolute atomic E-state index is 13.3. The molecule has 0 radical (unpaired) electrons. The van der Waals surface area contributed by atoms with Gasteiger partial charge in [0.1, 0.15) is 11.4 Å². The van der Waals surface area contributed by atoms with Gasteiger partial charge >= 0.3 is 5.97 Å². The van der Waals surface area contributed by atoms with Gasteiger partial charge in [0.25, 0.3) is 0 Å². The number of carboxylic acid groups (broad SMARTS) is 1. The van der Waals surface area contributed by atoms with Crippen molar-refractivity contribution in [3.8, 4) is 5.75 Å². The van der Waals surface area contributed by atoms with Crippen LogP contribution in [-0.2, 0) is 4.79 Å². The lowest BCUT2D eigenvalue weighted by atomic mass is 9.96. The van der Waals surface area contributed by atoms with Crippen LogP contribution in [0.3, 0.4) is 0 Å². The second-order valence-electron chi connectivity index (χ2n) is 4.69. The van der Waals surface area contributed by atoms with E-state index in [9.17, 15) is 13.6 Å². The number of ether oxygens (including phenoxy) is 1. The van der Waals surface area contributed by atoms with Crippen LogP contribution >= 0.6 is 0 Å². The number of carbonyl (C=O) groups is 1. The zero-order valence-electron chi connectivity index (χ0n) is 11.6. The highest BCUT2D eigenvalue weighted by Crippen LogP contribution is 2.19. The molecule has 1 aromatic rings. The van der Waals surface area contributed by atoms with Crippen molar-refractivity contribution in [2.75, 3.05) is 13.2 Å². The molecule has 20 heavy (non-hydrogen) atoms. The molecule has 0 aromatic heterocycles. The Morgan fingerprint density at radius 2 is 2.15 bits per heavy atom. The van der Waals surface area contributed by atoms with Gasteiger partial charge in [-0.3, -0.25) is 4.79 Å². The number of hydrogen-bond donors (Lipinski definition) is 2. The maximum Gasteiger partial charge on any atom is 0.323 e. The number of hydrogen-bond acceptors (Lipinski definition) is 3. The Balaban J connectivity index is 2.46. The zero-order valence-corrected chi connectivity index (χ0v) is 11.6. The number of carboxylic acids is 1. The molecule has 0 amide bonds. The predicted octanol–water partition coefficient (Wildman–Crippen LogP) is 2.58. The van der Waals surface area contributed by atoms with Crippen molar-refractivity contribution in [2.24, 2.45) is 0 Å². The van der Waals surface area contributed by atoms with E-state index >= 15 is 0 Å². The summed E-state index contributed by atoms with van der Waals surface area (Å²) in [5.41, 5.74) is -1.03. The summed E-state index contributed by atoms with van der Waals surface area (Å²) in [6.45, 7) is 4.12. The van der Waals surface area contributed by atoms with Crippen molar-refractivity contribution in [1.82, 2.24) is 5.32 Å². The molecule has 4 nitrogen and oxygen atoms in total. The van der Waals surface area contributed by atoms with Crippen LogP contribution in [-0.4, -0.2) is 29.8 Å². The third kappa shape index (κ3) is 4.45. The van der Waals surface area contributed by atoms with E-state index in [0.717, 1.165) is 12.1 Å². The lowest BCUT2D eigenvalue weighted by Crippen LogP contribution is -2.49. The number of aliphatic carboxylic acids is 1. The molecule has 0 spiro atoms. The molecule has 1 atom stereocenters. The van der Waals surface area contributed by atoms with Crippen LogP contribution < -0.4 is 10.1 Å². The molecule has 1 aromatic carbocycles. The molecular formula is C14H19F2NO3. The lowest BCUT2D eigenvalue weighted by molar-refractivity contribution is -0.144. The Kier molecular flexibility index (Phi) is 5.88. The van der Waals surface area contributed by atoms with E-state index < -0.39 is 23.1 Å². The fraction of sp³-hybridized carbons (Fsp3) is 0.500. The highest BCUT2D eigenvalue weighted by Gasteiger charge is 2.31. The molecule has 0 saturated heterocycles. The molecule has 112 valence electrons. The summed E-state index contributed by atoms with van der Waals surface area (Å²) in [6.07, 6.45) is 0.783. The van der Waals surface area contributed by atoms with Crippen LogP contribution in [0.2, 0.25) is 0 Å². The van der Waals surface area contributed by atoms with Gasteiger partial charge < -0.3 is 15.2 Å². The van der Waals surface area contributed by atoms with Crippen LogP contribution in [0, 0.1) is 11.6 Å². The van der Waals surface area contributed by atoms with Gasteiger partial charge in [-0.25, -0.2) is 8.78 Å². The van der Waals surface area contributed by atoms with Crippen molar-refractivity contribution >= 4 is 5.97 Å². The predicted molar refractivity (Wildman–Crippen MR) is 70.8 cm³/mol. The second kappa shape index (κ2) is 7.19.